The molecule has 0 aliphatic heterocycles. The average molecular weight is 274 g/mol. The van der Waals surface area contributed by atoms with Gasteiger partial charge in [-0.3, -0.25) is 0 Å². The molecule has 0 spiro atoms. The van der Waals surface area contributed by atoms with E-state index in [2.05, 4.69) is 44.2 Å². The van der Waals surface area contributed by atoms with E-state index in [4.69, 9.17) is 9.47 Å². The van der Waals surface area contributed by atoms with Crippen LogP contribution in [0.1, 0.15) is 51.2 Å². The van der Waals surface area contributed by atoms with Crippen LogP contribution in [-0.4, -0.2) is 14.2 Å². The standard InChI is InChI=1S/C18H26O2/c1-17(2)12-10-15(11-13-17)14-6-8-16(9-7-14)18(3,19-4)20-5/h6-10H,11-13H2,1-5H3. The lowest BCUT2D eigenvalue weighted by atomic mass is 9.77. The molecule has 0 saturated heterocycles. The van der Waals surface area contributed by atoms with Crippen molar-refractivity contribution >= 4 is 5.57 Å². The summed E-state index contributed by atoms with van der Waals surface area (Å²) in [7, 11) is 3.34. The summed E-state index contributed by atoms with van der Waals surface area (Å²) in [6, 6.07) is 8.55. The maximum absolute atomic E-state index is 5.45. The van der Waals surface area contributed by atoms with Crippen LogP contribution in [0, 0.1) is 5.41 Å². The highest BCUT2D eigenvalue weighted by molar-refractivity contribution is 5.66. The average Bonchev–Trinajstić information content (AvgIpc) is 2.47. The van der Waals surface area contributed by atoms with Crippen molar-refractivity contribution in [3.63, 3.8) is 0 Å². The minimum absolute atomic E-state index is 0.452. The van der Waals surface area contributed by atoms with Gasteiger partial charge >= 0.3 is 0 Å². The maximum atomic E-state index is 5.45. The fourth-order valence-electron chi connectivity index (χ4n) is 2.64. The molecule has 0 amide bonds. The summed E-state index contributed by atoms with van der Waals surface area (Å²) in [6.07, 6.45) is 5.98. The summed E-state index contributed by atoms with van der Waals surface area (Å²) in [5.41, 5.74) is 4.28. The summed E-state index contributed by atoms with van der Waals surface area (Å²) in [5, 5.41) is 0. The van der Waals surface area contributed by atoms with Gasteiger partial charge in [-0.2, -0.15) is 0 Å². The monoisotopic (exact) mass is 274 g/mol. The molecule has 1 aromatic carbocycles. The van der Waals surface area contributed by atoms with Gasteiger partial charge in [0.2, 0.25) is 0 Å². The molecule has 0 heterocycles. The molecule has 0 radical (unpaired) electrons. The van der Waals surface area contributed by atoms with Gasteiger partial charge in [0.1, 0.15) is 0 Å². The van der Waals surface area contributed by atoms with E-state index in [9.17, 15) is 0 Å². The van der Waals surface area contributed by atoms with Crippen LogP contribution < -0.4 is 0 Å². The highest BCUT2D eigenvalue weighted by Crippen LogP contribution is 2.38. The number of ether oxygens (including phenoxy) is 2. The van der Waals surface area contributed by atoms with Crippen LogP contribution in [-0.2, 0) is 15.3 Å². The predicted octanol–water partition coefficient (Wildman–Crippen LogP) is 4.75. The first-order valence-electron chi connectivity index (χ1n) is 7.30. The minimum atomic E-state index is -0.665. The topological polar surface area (TPSA) is 18.5 Å². The second-order valence-electron chi connectivity index (χ2n) is 6.53. The van der Waals surface area contributed by atoms with E-state index in [1.807, 2.05) is 6.92 Å². The third-order valence-electron chi connectivity index (χ3n) is 4.53. The zero-order chi connectivity index (χ0) is 14.8. The third kappa shape index (κ3) is 3.13. The Hall–Kier alpha value is -1.12. The lowest BCUT2D eigenvalue weighted by molar-refractivity contribution is -0.201. The third-order valence-corrected chi connectivity index (χ3v) is 4.53. The van der Waals surface area contributed by atoms with Gasteiger partial charge in [-0.15, -0.1) is 0 Å². The van der Waals surface area contributed by atoms with Crippen molar-refractivity contribution in [1.29, 1.82) is 0 Å². The van der Waals surface area contributed by atoms with E-state index in [1.165, 1.54) is 17.6 Å². The molecule has 0 bridgehead atoms. The number of hydrogen-bond acceptors (Lipinski definition) is 2. The number of hydrogen-bond donors (Lipinski definition) is 0. The molecule has 0 atom stereocenters. The molecule has 2 heteroatoms. The van der Waals surface area contributed by atoms with Crippen LogP contribution in [0.15, 0.2) is 30.3 Å². The van der Waals surface area contributed by atoms with Gasteiger partial charge in [0, 0.05) is 19.8 Å². The maximum Gasteiger partial charge on any atom is 0.191 e. The van der Waals surface area contributed by atoms with Crippen LogP contribution in [0.3, 0.4) is 0 Å². The SMILES string of the molecule is COC(C)(OC)c1ccc(C2=CCC(C)(C)CC2)cc1. The Morgan fingerprint density at radius 1 is 1.05 bits per heavy atom. The van der Waals surface area contributed by atoms with Crippen LogP contribution in [0.2, 0.25) is 0 Å². The molecule has 20 heavy (non-hydrogen) atoms. The zero-order valence-electron chi connectivity index (χ0n) is 13.3. The second-order valence-corrected chi connectivity index (χ2v) is 6.53. The molecule has 0 fully saturated rings. The molecule has 1 aliphatic rings. The van der Waals surface area contributed by atoms with Crippen molar-refractivity contribution in [3.05, 3.63) is 41.5 Å². The molecule has 2 rings (SSSR count). The van der Waals surface area contributed by atoms with E-state index in [0.29, 0.717) is 5.41 Å². The zero-order valence-corrected chi connectivity index (χ0v) is 13.3. The van der Waals surface area contributed by atoms with Crippen LogP contribution in [0.5, 0.6) is 0 Å². The molecular formula is C18H26O2. The number of rotatable bonds is 4. The minimum Gasteiger partial charge on any atom is -0.349 e. The van der Waals surface area contributed by atoms with E-state index >= 15 is 0 Å². The number of allylic oxidation sites excluding steroid dienone is 2. The van der Waals surface area contributed by atoms with Crippen molar-refractivity contribution in [2.75, 3.05) is 14.2 Å². The summed E-state index contributed by atoms with van der Waals surface area (Å²) in [6.45, 7) is 6.61. The quantitative estimate of drug-likeness (QED) is 0.738. The van der Waals surface area contributed by atoms with E-state index in [0.717, 1.165) is 18.4 Å². The molecule has 0 saturated carbocycles. The van der Waals surface area contributed by atoms with Gasteiger partial charge in [0.25, 0.3) is 0 Å². The molecule has 1 aromatic rings. The summed E-state index contributed by atoms with van der Waals surface area (Å²) in [5.74, 6) is -0.665. The van der Waals surface area contributed by atoms with E-state index < -0.39 is 5.79 Å². The van der Waals surface area contributed by atoms with Crippen molar-refractivity contribution in [1.82, 2.24) is 0 Å². The lowest BCUT2D eigenvalue weighted by Crippen LogP contribution is -2.26. The van der Waals surface area contributed by atoms with Gasteiger partial charge < -0.3 is 9.47 Å². The molecule has 2 nitrogen and oxygen atoms in total. The first-order valence-corrected chi connectivity index (χ1v) is 7.30. The Bertz CT molecular complexity index is 479. The molecule has 0 N–H and O–H groups in total. The molecule has 0 aromatic heterocycles. The lowest BCUT2D eigenvalue weighted by Gasteiger charge is -2.29. The highest BCUT2D eigenvalue weighted by Gasteiger charge is 2.26. The first-order chi connectivity index (χ1) is 9.40. The number of methoxy groups -OCH3 is 2. The van der Waals surface area contributed by atoms with E-state index in [1.54, 1.807) is 14.2 Å². The van der Waals surface area contributed by atoms with E-state index in [-0.39, 0.29) is 0 Å². The van der Waals surface area contributed by atoms with Gasteiger partial charge in [0.15, 0.2) is 5.79 Å². The Labute approximate surface area is 122 Å². The Morgan fingerprint density at radius 3 is 2.10 bits per heavy atom. The van der Waals surface area contributed by atoms with Crippen LogP contribution in [0.25, 0.3) is 5.57 Å². The summed E-state index contributed by atoms with van der Waals surface area (Å²) < 4.78 is 10.9. The Balaban J connectivity index is 2.19. The van der Waals surface area contributed by atoms with Crippen molar-refractivity contribution < 1.29 is 9.47 Å². The Morgan fingerprint density at radius 2 is 1.65 bits per heavy atom. The predicted molar refractivity (Wildman–Crippen MR) is 83.4 cm³/mol. The normalized spacial score (nSPS) is 18.8. The number of benzene rings is 1. The first kappa shape index (κ1) is 15.3. The van der Waals surface area contributed by atoms with Gasteiger partial charge in [-0.1, -0.05) is 44.2 Å². The summed E-state index contributed by atoms with van der Waals surface area (Å²) >= 11 is 0. The van der Waals surface area contributed by atoms with Crippen LogP contribution >= 0.6 is 0 Å². The van der Waals surface area contributed by atoms with Crippen LogP contribution in [0.4, 0.5) is 0 Å². The largest absolute Gasteiger partial charge is 0.349 e. The fraction of sp³-hybridized carbons (Fsp3) is 0.556. The molecule has 0 unspecified atom stereocenters. The molecular weight excluding hydrogens is 248 g/mol. The fourth-order valence-corrected chi connectivity index (χ4v) is 2.64. The van der Waals surface area contributed by atoms with Crippen molar-refractivity contribution in [2.45, 2.75) is 45.8 Å². The van der Waals surface area contributed by atoms with Gasteiger partial charge in [0.05, 0.1) is 0 Å². The Kier molecular flexibility index (Phi) is 4.36. The van der Waals surface area contributed by atoms with Gasteiger partial charge in [-0.05, 0) is 42.7 Å². The molecule has 110 valence electrons. The summed E-state index contributed by atoms with van der Waals surface area (Å²) in [4.78, 5) is 0. The smallest absolute Gasteiger partial charge is 0.191 e. The van der Waals surface area contributed by atoms with Crippen molar-refractivity contribution in [2.24, 2.45) is 5.41 Å². The van der Waals surface area contributed by atoms with Crippen molar-refractivity contribution in [3.8, 4) is 0 Å². The second kappa shape index (κ2) is 5.71. The van der Waals surface area contributed by atoms with Gasteiger partial charge in [-0.25, -0.2) is 0 Å². The highest BCUT2D eigenvalue weighted by atomic mass is 16.7. The molecule has 1 aliphatic carbocycles.